The van der Waals surface area contributed by atoms with Gasteiger partial charge in [-0.25, -0.2) is 13.2 Å². The summed E-state index contributed by atoms with van der Waals surface area (Å²) in [6.07, 6.45) is 0. The highest BCUT2D eigenvalue weighted by atomic mass is 19.3. The van der Waals surface area contributed by atoms with Crippen LogP contribution >= 0.6 is 0 Å². The van der Waals surface area contributed by atoms with Crippen LogP contribution in [0.2, 0.25) is 0 Å². The fraction of sp³-hybridized carbons (Fsp3) is 0.900. The minimum Gasteiger partial charge on any atom is -0.323 e. The summed E-state index contributed by atoms with van der Waals surface area (Å²) in [6, 6.07) is 0. The van der Waals surface area contributed by atoms with Crippen LogP contribution in [0.3, 0.4) is 0 Å². The Kier molecular flexibility index (Phi) is 2.78. The van der Waals surface area contributed by atoms with E-state index in [1.807, 2.05) is 5.32 Å². The topological polar surface area (TPSA) is 29.1 Å². The first kappa shape index (κ1) is 12.3. The highest BCUT2D eigenvalue weighted by molar-refractivity contribution is 5.81. The number of hydrogen-bond donors (Lipinski definition) is 1. The van der Waals surface area contributed by atoms with Crippen LogP contribution in [-0.2, 0) is 4.79 Å². The normalized spacial score (nSPS) is 40.4. The molecule has 0 bridgehead atoms. The van der Waals surface area contributed by atoms with Gasteiger partial charge in [0, 0.05) is 0 Å². The Morgan fingerprint density at radius 1 is 1.33 bits per heavy atom. The summed E-state index contributed by atoms with van der Waals surface area (Å²) >= 11 is 0. The molecule has 15 heavy (non-hydrogen) atoms. The van der Waals surface area contributed by atoms with Crippen molar-refractivity contribution in [1.82, 2.24) is 5.32 Å². The Labute approximate surface area is 87.2 Å². The molecule has 0 spiro atoms. The molecule has 1 aliphatic heterocycles. The lowest BCUT2D eigenvalue weighted by Gasteiger charge is -2.45. The minimum absolute atomic E-state index is 0.543. The number of nitrogens with one attached hydrogen (secondary N) is 1. The van der Waals surface area contributed by atoms with Crippen molar-refractivity contribution in [2.75, 3.05) is 0 Å². The average Bonchev–Trinajstić information content (AvgIpc) is 1.97. The number of rotatable bonds is 1. The molecule has 1 saturated heterocycles. The van der Waals surface area contributed by atoms with E-state index in [0.29, 0.717) is 0 Å². The van der Waals surface area contributed by atoms with Gasteiger partial charge in [0.15, 0.2) is 5.79 Å². The molecule has 0 saturated carbocycles. The maximum atomic E-state index is 13.9. The van der Waals surface area contributed by atoms with Crippen molar-refractivity contribution in [3.8, 4) is 0 Å². The first-order valence-corrected chi connectivity index (χ1v) is 4.99. The van der Waals surface area contributed by atoms with Crippen molar-refractivity contribution >= 4 is 5.91 Å². The van der Waals surface area contributed by atoms with E-state index in [2.05, 4.69) is 0 Å². The molecule has 0 aromatic carbocycles. The summed E-state index contributed by atoms with van der Waals surface area (Å²) in [5.74, 6) is -10.1. The highest BCUT2D eigenvalue weighted by Crippen LogP contribution is 2.46. The Balaban J connectivity index is 3.14. The lowest BCUT2D eigenvalue weighted by Crippen LogP contribution is -2.65. The van der Waals surface area contributed by atoms with Crippen LogP contribution in [0.4, 0.5) is 13.2 Å². The lowest BCUT2D eigenvalue weighted by atomic mass is 9.74. The van der Waals surface area contributed by atoms with E-state index >= 15 is 0 Å². The van der Waals surface area contributed by atoms with Gasteiger partial charge in [-0.3, -0.25) is 4.79 Å². The molecule has 0 aromatic rings. The zero-order valence-corrected chi connectivity index (χ0v) is 9.27. The molecule has 3 atom stereocenters. The van der Waals surface area contributed by atoms with Crippen LogP contribution in [0.1, 0.15) is 27.7 Å². The molecule has 88 valence electrons. The summed E-state index contributed by atoms with van der Waals surface area (Å²) in [5, 5.41) is 2.01. The minimum atomic E-state index is -3.31. The summed E-state index contributed by atoms with van der Waals surface area (Å²) in [6.45, 7) is 5.18. The van der Waals surface area contributed by atoms with Crippen molar-refractivity contribution in [1.29, 1.82) is 0 Å². The maximum absolute atomic E-state index is 13.9. The standard InChI is InChI=1S/C10H16F3NO/c1-5(2)7-9(4,11)14-8(15)6(3)10(7,12)13/h5-7H,1-4H3,(H,14,15). The molecule has 1 heterocycles. The van der Waals surface area contributed by atoms with Crippen molar-refractivity contribution in [3.05, 3.63) is 0 Å². The molecule has 1 N–H and O–H groups in total. The third-order valence-electron chi connectivity index (χ3n) is 3.00. The molecule has 1 rings (SSSR count). The number of piperidine rings is 1. The first-order valence-electron chi connectivity index (χ1n) is 4.99. The molecule has 3 unspecified atom stereocenters. The van der Waals surface area contributed by atoms with E-state index in [9.17, 15) is 18.0 Å². The quantitative estimate of drug-likeness (QED) is 0.679. The predicted octanol–water partition coefficient (Wildman–Crippen LogP) is 2.35. The zero-order chi connectivity index (χ0) is 12.0. The predicted molar refractivity (Wildman–Crippen MR) is 50.1 cm³/mol. The second kappa shape index (κ2) is 3.39. The van der Waals surface area contributed by atoms with Crippen LogP contribution in [0, 0.1) is 17.8 Å². The van der Waals surface area contributed by atoms with Gasteiger partial charge in [-0.05, 0) is 19.8 Å². The van der Waals surface area contributed by atoms with Crippen LogP contribution in [-0.4, -0.2) is 17.6 Å². The highest BCUT2D eigenvalue weighted by Gasteiger charge is 2.61. The van der Waals surface area contributed by atoms with E-state index in [-0.39, 0.29) is 0 Å². The number of hydrogen-bond acceptors (Lipinski definition) is 1. The van der Waals surface area contributed by atoms with Gasteiger partial charge < -0.3 is 5.32 Å². The Bertz CT molecular complexity index is 276. The summed E-state index contributed by atoms with van der Waals surface area (Å²) in [7, 11) is 0. The molecular weight excluding hydrogens is 207 g/mol. The number of carbonyl (C=O) groups is 1. The van der Waals surface area contributed by atoms with Gasteiger partial charge in [0.2, 0.25) is 5.91 Å². The number of amides is 1. The van der Waals surface area contributed by atoms with Gasteiger partial charge in [-0.1, -0.05) is 13.8 Å². The molecule has 2 nitrogen and oxygen atoms in total. The monoisotopic (exact) mass is 223 g/mol. The largest absolute Gasteiger partial charge is 0.323 e. The van der Waals surface area contributed by atoms with Crippen LogP contribution in [0.15, 0.2) is 0 Å². The SMILES string of the molecule is CC(C)C1C(C)(F)NC(=O)C(C)C1(F)F. The van der Waals surface area contributed by atoms with Gasteiger partial charge in [0.05, 0.1) is 11.8 Å². The molecule has 1 aliphatic rings. The molecular formula is C10H16F3NO. The van der Waals surface area contributed by atoms with E-state index in [4.69, 9.17) is 0 Å². The van der Waals surface area contributed by atoms with Crippen molar-refractivity contribution in [2.24, 2.45) is 17.8 Å². The van der Waals surface area contributed by atoms with Gasteiger partial charge >= 0.3 is 0 Å². The Morgan fingerprint density at radius 2 is 1.80 bits per heavy atom. The van der Waals surface area contributed by atoms with E-state index in [1.54, 1.807) is 0 Å². The smallest absolute Gasteiger partial charge is 0.267 e. The van der Waals surface area contributed by atoms with E-state index in [1.165, 1.54) is 13.8 Å². The molecule has 0 aromatic heterocycles. The second-order valence-electron chi connectivity index (χ2n) is 4.68. The summed E-state index contributed by atoms with van der Waals surface area (Å²) < 4.78 is 41.4. The molecule has 1 fully saturated rings. The van der Waals surface area contributed by atoms with Gasteiger partial charge in [0.25, 0.3) is 5.92 Å². The van der Waals surface area contributed by atoms with Crippen molar-refractivity contribution in [3.63, 3.8) is 0 Å². The average molecular weight is 223 g/mol. The summed E-state index contributed by atoms with van der Waals surface area (Å²) in [4.78, 5) is 11.2. The van der Waals surface area contributed by atoms with E-state index < -0.39 is 35.4 Å². The Morgan fingerprint density at radius 3 is 2.20 bits per heavy atom. The third-order valence-corrected chi connectivity index (χ3v) is 3.00. The fourth-order valence-electron chi connectivity index (χ4n) is 2.30. The molecule has 0 aliphatic carbocycles. The van der Waals surface area contributed by atoms with Crippen molar-refractivity contribution in [2.45, 2.75) is 39.4 Å². The van der Waals surface area contributed by atoms with Crippen LogP contribution < -0.4 is 5.32 Å². The lowest BCUT2D eigenvalue weighted by molar-refractivity contribution is -0.203. The van der Waals surface area contributed by atoms with E-state index in [0.717, 1.165) is 13.8 Å². The van der Waals surface area contributed by atoms with Gasteiger partial charge in [-0.2, -0.15) is 0 Å². The van der Waals surface area contributed by atoms with Crippen LogP contribution in [0.25, 0.3) is 0 Å². The maximum Gasteiger partial charge on any atom is 0.267 e. The fourth-order valence-corrected chi connectivity index (χ4v) is 2.30. The number of carbonyl (C=O) groups excluding carboxylic acids is 1. The van der Waals surface area contributed by atoms with Gasteiger partial charge in [-0.15, -0.1) is 0 Å². The first-order chi connectivity index (χ1) is 6.60. The summed E-state index contributed by atoms with van der Waals surface area (Å²) in [5.41, 5.74) is 0. The van der Waals surface area contributed by atoms with Crippen LogP contribution in [0.5, 0.6) is 0 Å². The van der Waals surface area contributed by atoms with Crippen molar-refractivity contribution < 1.29 is 18.0 Å². The number of halogens is 3. The zero-order valence-electron chi connectivity index (χ0n) is 9.27. The third kappa shape index (κ3) is 1.84. The molecule has 1 amide bonds. The molecule has 0 radical (unpaired) electrons. The molecule has 5 heteroatoms. The van der Waals surface area contributed by atoms with Gasteiger partial charge in [0.1, 0.15) is 0 Å². The Hall–Kier alpha value is -0.740. The number of alkyl halides is 3. The second-order valence-corrected chi connectivity index (χ2v) is 4.68.